The van der Waals surface area contributed by atoms with E-state index >= 15 is 0 Å². The van der Waals surface area contributed by atoms with Gasteiger partial charge in [0.05, 0.1) is 12.8 Å². The van der Waals surface area contributed by atoms with Gasteiger partial charge in [0, 0.05) is 23.9 Å². The quantitative estimate of drug-likeness (QED) is 0.577. The van der Waals surface area contributed by atoms with Crippen LogP contribution in [0.1, 0.15) is 0 Å². The molecule has 0 saturated heterocycles. The van der Waals surface area contributed by atoms with Gasteiger partial charge in [0.25, 0.3) is 0 Å². The molecule has 2 N–H and O–H groups in total. The minimum absolute atomic E-state index is 0.249. The van der Waals surface area contributed by atoms with E-state index in [0.717, 1.165) is 22.7 Å². The van der Waals surface area contributed by atoms with Crippen LogP contribution in [0.25, 0.3) is 11.3 Å². The van der Waals surface area contributed by atoms with Crippen molar-refractivity contribution in [1.29, 1.82) is 0 Å². The molecular formula is C22H26N4O3. The maximum atomic E-state index is 9.89. The number of ether oxygens (including phenoxy) is 2. The Labute approximate surface area is 171 Å². The molecule has 152 valence electrons. The Hall–Kier alpha value is -3.16. The first-order chi connectivity index (χ1) is 14.0. The molecule has 1 atom stereocenters. The molecular weight excluding hydrogens is 368 g/mol. The van der Waals surface area contributed by atoms with Crippen LogP contribution in [-0.4, -0.2) is 60.4 Å². The SMILES string of the molecule is COc1ccccc1-c1cc(Nc2ccc(OCC(O)CN(C)C)cc2)ncn1. The highest BCUT2D eigenvalue weighted by Crippen LogP contribution is 2.29. The van der Waals surface area contributed by atoms with Crippen LogP contribution >= 0.6 is 0 Å². The number of nitrogens with zero attached hydrogens (tertiary/aromatic N) is 3. The summed E-state index contributed by atoms with van der Waals surface area (Å²) in [4.78, 5) is 10.6. The summed E-state index contributed by atoms with van der Waals surface area (Å²) in [6.45, 7) is 0.807. The normalized spacial score (nSPS) is 11.9. The minimum Gasteiger partial charge on any atom is -0.496 e. The molecule has 0 amide bonds. The summed E-state index contributed by atoms with van der Waals surface area (Å²) in [5.41, 5.74) is 2.55. The number of hydrogen-bond acceptors (Lipinski definition) is 7. The van der Waals surface area contributed by atoms with Crippen LogP contribution in [0.15, 0.2) is 60.9 Å². The number of likely N-dealkylation sites (N-methyl/N-ethyl adjacent to an activating group) is 1. The van der Waals surface area contributed by atoms with E-state index < -0.39 is 6.10 Å². The van der Waals surface area contributed by atoms with E-state index in [-0.39, 0.29) is 6.61 Å². The lowest BCUT2D eigenvalue weighted by Gasteiger charge is -2.16. The Morgan fingerprint density at radius 2 is 1.83 bits per heavy atom. The summed E-state index contributed by atoms with van der Waals surface area (Å²) in [6, 6.07) is 17.1. The van der Waals surface area contributed by atoms with E-state index in [9.17, 15) is 5.11 Å². The molecule has 7 nitrogen and oxygen atoms in total. The monoisotopic (exact) mass is 394 g/mol. The van der Waals surface area contributed by atoms with Crippen molar-refractivity contribution in [3.05, 3.63) is 60.9 Å². The molecule has 2 aromatic carbocycles. The van der Waals surface area contributed by atoms with Crippen molar-refractivity contribution in [2.24, 2.45) is 0 Å². The second-order valence-corrected chi connectivity index (χ2v) is 6.87. The highest BCUT2D eigenvalue weighted by Gasteiger charge is 2.09. The number of rotatable bonds is 9. The summed E-state index contributed by atoms with van der Waals surface area (Å²) in [6.07, 6.45) is 0.991. The molecule has 1 unspecified atom stereocenters. The van der Waals surface area contributed by atoms with E-state index in [2.05, 4.69) is 15.3 Å². The molecule has 0 aliphatic heterocycles. The molecule has 29 heavy (non-hydrogen) atoms. The predicted octanol–water partition coefficient (Wildman–Crippen LogP) is 3.20. The average Bonchev–Trinajstić information content (AvgIpc) is 2.73. The summed E-state index contributed by atoms with van der Waals surface area (Å²) in [5.74, 6) is 2.14. The van der Waals surface area contributed by atoms with Crippen molar-refractivity contribution in [3.63, 3.8) is 0 Å². The standard InChI is InChI=1S/C22H26N4O3/c1-26(2)13-17(27)14-29-18-10-8-16(9-11-18)25-22-12-20(23-15-24-22)19-6-4-5-7-21(19)28-3/h4-12,15,17,27H,13-14H2,1-3H3,(H,23,24,25). The van der Waals surface area contributed by atoms with E-state index in [1.807, 2.05) is 73.6 Å². The Balaban J connectivity index is 1.65. The highest BCUT2D eigenvalue weighted by molar-refractivity contribution is 5.70. The Morgan fingerprint density at radius 3 is 2.55 bits per heavy atom. The van der Waals surface area contributed by atoms with Gasteiger partial charge in [-0.1, -0.05) is 12.1 Å². The molecule has 0 fully saturated rings. The van der Waals surface area contributed by atoms with Gasteiger partial charge in [-0.25, -0.2) is 9.97 Å². The third-order valence-corrected chi connectivity index (χ3v) is 4.20. The summed E-state index contributed by atoms with van der Waals surface area (Å²) < 4.78 is 11.0. The number of aliphatic hydroxyl groups is 1. The van der Waals surface area contributed by atoms with E-state index in [0.29, 0.717) is 18.1 Å². The molecule has 3 rings (SSSR count). The fourth-order valence-electron chi connectivity index (χ4n) is 2.88. The molecule has 0 aliphatic rings. The molecule has 3 aromatic rings. The summed E-state index contributed by atoms with van der Waals surface area (Å²) in [5, 5.41) is 13.2. The Morgan fingerprint density at radius 1 is 1.07 bits per heavy atom. The van der Waals surface area contributed by atoms with Crippen molar-refractivity contribution in [2.75, 3.05) is 39.7 Å². The lowest BCUT2D eigenvalue weighted by Crippen LogP contribution is -2.30. The van der Waals surface area contributed by atoms with Gasteiger partial charge in [-0.15, -0.1) is 0 Å². The van der Waals surface area contributed by atoms with Crippen LogP contribution in [-0.2, 0) is 0 Å². The van der Waals surface area contributed by atoms with E-state index in [1.54, 1.807) is 7.11 Å². The van der Waals surface area contributed by atoms with Crippen molar-refractivity contribution in [3.8, 4) is 22.8 Å². The van der Waals surface area contributed by atoms with E-state index in [4.69, 9.17) is 9.47 Å². The molecule has 1 heterocycles. The lowest BCUT2D eigenvalue weighted by molar-refractivity contribution is 0.0831. The molecule has 0 saturated carbocycles. The fraction of sp³-hybridized carbons (Fsp3) is 0.273. The first-order valence-corrected chi connectivity index (χ1v) is 9.33. The smallest absolute Gasteiger partial charge is 0.134 e. The molecule has 0 bridgehead atoms. The van der Waals surface area contributed by atoms with Crippen LogP contribution in [0.2, 0.25) is 0 Å². The maximum absolute atomic E-state index is 9.89. The Kier molecular flexibility index (Phi) is 6.99. The fourth-order valence-corrected chi connectivity index (χ4v) is 2.88. The van der Waals surface area contributed by atoms with Crippen molar-refractivity contribution in [1.82, 2.24) is 14.9 Å². The van der Waals surface area contributed by atoms with Gasteiger partial charge in [-0.2, -0.15) is 0 Å². The number of hydrogen-bond donors (Lipinski definition) is 2. The molecule has 0 radical (unpaired) electrons. The lowest BCUT2D eigenvalue weighted by atomic mass is 10.1. The van der Waals surface area contributed by atoms with Crippen LogP contribution in [0.4, 0.5) is 11.5 Å². The van der Waals surface area contributed by atoms with Crippen LogP contribution in [0.5, 0.6) is 11.5 Å². The van der Waals surface area contributed by atoms with Gasteiger partial charge in [0.2, 0.25) is 0 Å². The second kappa shape index (κ2) is 9.86. The van der Waals surface area contributed by atoms with Gasteiger partial charge in [-0.3, -0.25) is 0 Å². The number of aliphatic hydroxyl groups excluding tert-OH is 1. The summed E-state index contributed by atoms with van der Waals surface area (Å²) in [7, 11) is 5.47. The predicted molar refractivity (Wildman–Crippen MR) is 114 cm³/mol. The second-order valence-electron chi connectivity index (χ2n) is 6.87. The molecule has 7 heteroatoms. The largest absolute Gasteiger partial charge is 0.496 e. The number of methoxy groups -OCH3 is 1. The topological polar surface area (TPSA) is 79.7 Å². The third-order valence-electron chi connectivity index (χ3n) is 4.20. The summed E-state index contributed by atoms with van der Waals surface area (Å²) >= 11 is 0. The number of nitrogens with one attached hydrogen (secondary N) is 1. The van der Waals surface area contributed by atoms with Gasteiger partial charge < -0.3 is 24.8 Å². The van der Waals surface area contributed by atoms with Gasteiger partial charge in [0.15, 0.2) is 0 Å². The average molecular weight is 394 g/mol. The number of anilines is 2. The highest BCUT2D eigenvalue weighted by atomic mass is 16.5. The van der Waals surface area contributed by atoms with Gasteiger partial charge in [0.1, 0.15) is 36.4 Å². The zero-order valence-electron chi connectivity index (χ0n) is 16.9. The van der Waals surface area contributed by atoms with Crippen molar-refractivity contribution >= 4 is 11.5 Å². The zero-order chi connectivity index (χ0) is 20.6. The van der Waals surface area contributed by atoms with Crippen molar-refractivity contribution in [2.45, 2.75) is 6.10 Å². The number of benzene rings is 2. The number of para-hydroxylation sites is 1. The number of aromatic nitrogens is 2. The van der Waals surface area contributed by atoms with Crippen LogP contribution in [0.3, 0.4) is 0 Å². The molecule has 1 aromatic heterocycles. The van der Waals surface area contributed by atoms with Gasteiger partial charge >= 0.3 is 0 Å². The minimum atomic E-state index is -0.530. The van der Waals surface area contributed by atoms with Crippen LogP contribution in [0, 0.1) is 0 Å². The first-order valence-electron chi connectivity index (χ1n) is 9.33. The van der Waals surface area contributed by atoms with E-state index in [1.165, 1.54) is 6.33 Å². The Bertz CT molecular complexity index is 916. The van der Waals surface area contributed by atoms with Crippen LogP contribution < -0.4 is 14.8 Å². The maximum Gasteiger partial charge on any atom is 0.134 e. The third kappa shape index (κ3) is 5.91. The van der Waals surface area contributed by atoms with Gasteiger partial charge in [-0.05, 0) is 50.5 Å². The zero-order valence-corrected chi connectivity index (χ0v) is 16.9. The van der Waals surface area contributed by atoms with Crippen molar-refractivity contribution < 1.29 is 14.6 Å². The molecule has 0 spiro atoms. The first kappa shape index (κ1) is 20.6. The molecule has 0 aliphatic carbocycles.